The lowest BCUT2D eigenvalue weighted by Crippen LogP contribution is -2.46. The number of hydrogen-bond donors (Lipinski definition) is 1. The number of nitrogens with one attached hydrogen (secondary N) is 1. The van der Waals surface area contributed by atoms with Gasteiger partial charge in [0, 0.05) is 30.7 Å². The molecule has 0 aliphatic carbocycles. The number of pyridine rings is 1. The number of thioether (sulfide) groups is 1. The van der Waals surface area contributed by atoms with E-state index in [4.69, 9.17) is 4.99 Å². The molecule has 1 fully saturated rings. The smallest absolute Gasteiger partial charge is 0.156 e. The third-order valence-corrected chi connectivity index (χ3v) is 4.35. The molecule has 1 saturated heterocycles. The number of amidine groups is 1. The maximum atomic E-state index is 4.69. The maximum Gasteiger partial charge on any atom is 0.156 e. The van der Waals surface area contributed by atoms with Gasteiger partial charge < -0.3 is 5.32 Å². The van der Waals surface area contributed by atoms with E-state index in [0.29, 0.717) is 11.5 Å². The molecule has 0 amide bonds. The van der Waals surface area contributed by atoms with Crippen LogP contribution >= 0.6 is 11.8 Å². The van der Waals surface area contributed by atoms with Crippen molar-refractivity contribution < 1.29 is 0 Å². The van der Waals surface area contributed by atoms with Gasteiger partial charge in [-0.1, -0.05) is 32.5 Å². The van der Waals surface area contributed by atoms with Crippen LogP contribution in [-0.4, -0.2) is 28.5 Å². The van der Waals surface area contributed by atoms with E-state index >= 15 is 0 Å². The first-order valence-corrected chi connectivity index (χ1v) is 7.87. The van der Waals surface area contributed by atoms with Crippen molar-refractivity contribution in [3.8, 4) is 0 Å². The Morgan fingerprint density at radius 2 is 2.11 bits per heavy atom. The Labute approximate surface area is 120 Å². The first-order valence-electron chi connectivity index (χ1n) is 6.88. The molecule has 0 aromatic carbocycles. The van der Waals surface area contributed by atoms with Crippen LogP contribution in [0.4, 0.5) is 0 Å². The SMILES string of the molecule is CC(C)(C)C1CCSC(=NCCc2ccncc2)N1. The molecular weight excluding hydrogens is 254 g/mol. The van der Waals surface area contributed by atoms with Crippen LogP contribution in [0, 0.1) is 5.41 Å². The molecule has 1 aliphatic rings. The summed E-state index contributed by atoms with van der Waals surface area (Å²) in [5.74, 6) is 1.17. The predicted octanol–water partition coefficient (Wildman–Crippen LogP) is 3.12. The number of nitrogens with zero attached hydrogens (tertiary/aromatic N) is 2. The molecule has 1 aliphatic heterocycles. The van der Waals surface area contributed by atoms with Crippen molar-refractivity contribution in [2.75, 3.05) is 12.3 Å². The lowest BCUT2D eigenvalue weighted by atomic mass is 9.85. The molecule has 1 N–H and O–H groups in total. The summed E-state index contributed by atoms with van der Waals surface area (Å²) in [4.78, 5) is 8.72. The highest BCUT2D eigenvalue weighted by Gasteiger charge is 2.28. The van der Waals surface area contributed by atoms with Gasteiger partial charge >= 0.3 is 0 Å². The number of aliphatic imine (C=N–C) groups is 1. The molecule has 1 aromatic heterocycles. The first kappa shape index (κ1) is 14.4. The van der Waals surface area contributed by atoms with E-state index in [0.717, 1.165) is 18.1 Å². The van der Waals surface area contributed by atoms with Gasteiger partial charge in [-0.3, -0.25) is 9.98 Å². The molecule has 0 radical (unpaired) electrons. The molecule has 1 aromatic rings. The molecule has 1 atom stereocenters. The molecule has 104 valence electrons. The lowest BCUT2D eigenvalue weighted by Gasteiger charge is -2.35. The molecule has 0 spiro atoms. The standard InChI is InChI=1S/C15H23N3S/c1-15(2,3)13-7-11-19-14(18-13)17-10-6-12-4-8-16-9-5-12/h4-5,8-9,13H,6-7,10-11H2,1-3H3,(H,17,18). The zero-order valence-electron chi connectivity index (χ0n) is 12.0. The first-order chi connectivity index (χ1) is 9.05. The minimum absolute atomic E-state index is 0.298. The van der Waals surface area contributed by atoms with Crippen molar-refractivity contribution in [1.29, 1.82) is 0 Å². The second kappa shape index (κ2) is 6.42. The zero-order valence-corrected chi connectivity index (χ0v) is 12.8. The van der Waals surface area contributed by atoms with Gasteiger partial charge in [0.25, 0.3) is 0 Å². The van der Waals surface area contributed by atoms with E-state index in [-0.39, 0.29) is 0 Å². The van der Waals surface area contributed by atoms with E-state index in [1.54, 1.807) is 0 Å². The summed E-state index contributed by atoms with van der Waals surface area (Å²) < 4.78 is 0. The largest absolute Gasteiger partial charge is 0.362 e. The van der Waals surface area contributed by atoms with Crippen LogP contribution in [0.2, 0.25) is 0 Å². The van der Waals surface area contributed by atoms with Crippen molar-refractivity contribution in [2.45, 2.75) is 39.7 Å². The van der Waals surface area contributed by atoms with E-state index in [1.165, 1.54) is 17.7 Å². The summed E-state index contributed by atoms with van der Waals surface area (Å²) in [5, 5.41) is 4.69. The fourth-order valence-corrected chi connectivity index (χ4v) is 3.07. The number of rotatable bonds is 3. The summed E-state index contributed by atoms with van der Waals surface area (Å²) >= 11 is 1.84. The van der Waals surface area contributed by atoms with Gasteiger partial charge in [-0.15, -0.1) is 0 Å². The van der Waals surface area contributed by atoms with Crippen LogP contribution in [0.3, 0.4) is 0 Å². The average Bonchev–Trinajstić information content (AvgIpc) is 2.39. The molecule has 1 unspecified atom stereocenters. The van der Waals surface area contributed by atoms with E-state index in [9.17, 15) is 0 Å². The third kappa shape index (κ3) is 4.53. The van der Waals surface area contributed by atoms with Gasteiger partial charge in [-0.05, 0) is 36.0 Å². The Morgan fingerprint density at radius 1 is 1.37 bits per heavy atom. The Morgan fingerprint density at radius 3 is 2.79 bits per heavy atom. The Kier molecular flexibility index (Phi) is 4.86. The normalized spacial score (nSPS) is 22.3. The lowest BCUT2D eigenvalue weighted by molar-refractivity contribution is 0.290. The minimum atomic E-state index is 0.298. The highest BCUT2D eigenvalue weighted by Crippen LogP contribution is 2.27. The van der Waals surface area contributed by atoms with Crippen molar-refractivity contribution >= 4 is 16.9 Å². The van der Waals surface area contributed by atoms with Crippen molar-refractivity contribution in [3.05, 3.63) is 30.1 Å². The predicted molar refractivity (Wildman–Crippen MR) is 83.7 cm³/mol. The van der Waals surface area contributed by atoms with Crippen LogP contribution in [0.15, 0.2) is 29.5 Å². The second-order valence-corrected chi connectivity index (χ2v) is 7.08. The van der Waals surface area contributed by atoms with Gasteiger partial charge in [0.05, 0.1) is 0 Å². The summed E-state index contributed by atoms with van der Waals surface area (Å²) in [6, 6.07) is 4.65. The van der Waals surface area contributed by atoms with Crippen LogP contribution < -0.4 is 5.32 Å². The summed E-state index contributed by atoms with van der Waals surface area (Å²) in [6.07, 6.45) is 5.88. The van der Waals surface area contributed by atoms with E-state index < -0.39 is 0 Å². The highest BCUT2D eigenvalue weighted by molar-refractivity contribution is 8.13. The maximum absolute atomic E-state index is 4.69. The van der Waals surface area contributed by atoms with Crippen molar-refractivity contribution in [3.63, 3.8) is 0 Å². The fourth-order valence-electron chi connectivity index (χ4n) is 2.11. The van der Waals surface area contributed by atoms with Gasteiger partial charge in [0.2, 0.25) is 0 Å². The van der Waals surface area contributed by atoms with E-state index in [1.807, 2.05) is 24.2 Å². The van der Waals surface area contributed by atoms with Crippen LogP contribution in [0.1, 0.15) is 32.8 Å². The average molecular weight is 277 g/mol. The molecule has 4 heteroatoms. The summed E-state index contributed by atoms with van der Waals surface area (Å²) in [6.45, 7) is 7.70. The molecule has 3 nitrogen and oxygen atoms in total. The van der Waals surface area contributed by atoms with Crippen molar-refractivity contribution in [1.82, 2.24) is 10.3 Å². The zero-order chi connectivity index (χ0) is 13.7. The van der Waals surface area contributed by atoms with Crippen LogP contribution in [0.25, 0.3) is 0 Å². The molecule has 0 saturated carbocycles. The number of aromatic nitrogens is 1. The third-order valence-electron chi connectivity index (χ3n) is 3.39. The second-order valence-electron chi connectivity index (χ2n) is 5.99. The number of hydrogen-bond acceptors (Lipinski definition) is 3. The molecule has 19 heavy (non-hydrogen) atoms. The van der Waals surface area contributed by atoms with Gasteiger partial charge in [0.1, 0.15) is 0 Å². The van der Waals surface area contributed by atoms with Crippen LogP contribution in [0.5, 0.6) is 0 Å². The summed E-state index contributed by atoms with van der Waals surface area (Å²) in [7, 11) is 0. The molecular formula is C15H23N3S. The minimum Gasteiger partial charge on any atom is -0.362 e. The molecule has 2 rings (SSSR count). The van der Waals surface area contributed by atoms with Crippen LogP contribution in [-0.2, 0) is 6.42 Å². The Balaban J connectivity index is 1.86. The summed E-state index contributed by atoms with van der Waals surface area (Å²) in [5.41, 5.74) is 1.60. The molecule has 2 heterocycles. The van der Waals surface area contributed by atoms with Gasteiger partial charge in [0.15, 0.2) is 5.17 Å². The highest BCUT2D eigenvalue weighted by atomic mass is 32.2. The van der Waals surface area contributed by atoms with Crippen molar-refractivity contribution in [2.24, 2.45) is 10.4 Å². The fraction of sp³-hybridized carbons (Fsp3) is 0.600. The topological polar surface area (TPSA) is 37.3 Å². The quantitative estimate of drug-likeness (QED) is 0.922. The molecule has 0 bridgehead atoms. The van der Waals surface area contributed by atoms with Gasteiger partial charge in [-0.25, -0.2) is 0 Å². The monoisotopic (exact) mass is 277 g/mol. The van der Waals surface area contributed by atoms with Gasteiger partial charge in [-0.2, -0.15) is 0 Å². The Hall–Kier alpha value is -1.03. The Bertz CT molecular complexity index is 423. The van der Waals surface area contributed by atoms with E-state index in [2.05, 4.69) is 43.2 Å².